The lowest BCUT2D eigenvalue weighted by atomic mass is 9.79. The number of carbonyl (C=O) groups is 2. The van der Waals surface area contributed by atoms with Crippen molar-refractivity contribution in [2.24, 2.45) is 11.8 Å². The quantitative estimate of drug-likeness (QED) is 0.126. The van der Waals surface area contributed by atoms with Gasteiger partial charge in [-0.25, -0.2) is 9.59 Å². The maximum atomic E-state index is 14.7. The van der Waals surface area contributed by atoms with Crippen molar-refractivity contribution >= 4 is 29.4 Å². The molecule has 9 heteroatoms. The zero-order valence-corrected chi connectivity index (χ0v) is 22.4. The minimum atomic E-state index is -3.22. The molecular weight excluding hydrogens is 506 g/mol. The zero-order chi connectivity index (χ0) is 28.3. The summed E-state index contributed by atoms with van der Waals surface area (Å²) in [5, 5.41) is 0. The van der Waals surface area contributed by atoms with Crippen molar-refractivity contribution in [3.8, 4) is 5.75 Å². The van der Waals surface area contributed by atoms with E-state index in [4.69, 9.17) is 25.7 Å². The molecule has 4 N–H and O–H groups in total. The highest BCUT2D eigenvalue weighted by molar-refractivity contribution is 5.91. The van der Waals surface area contributed by atoms with Gasteiger partial charge in [-0.2, -0.15) is 8.78 Å². The van der Waals surface area contributed by atoms with Gasteiger partial charge in [-0.15, -0.1) is 0 Å². The van der Waals surface area contributed by atoms with E-state index in [0.717, 1.165) is 32.1 Å². The fourth-order valence-corrected chi connectivity index (χ4v) is 4.65. The minimum absolute atomic E-state index is 0.0525. The molecule has 7 nitrogen and oxygen atoms in total. The van der Waals surface area contributed by atoms with Gasteiger partial charge in [0.1, 0.15) is 5.75 Å². The Labute approximate surface area is 228 Å². The predicted octanol–water partition coefficient (Wildman–Crippen LogP) is 6.62. The van der Waals surface area contributed by atoms with E-state index in [2.05, 4.69) is 6.92 Å². The van der Waals surface area contributed by atoms with Gasteiger partial charge in [-0.05, 0) is 73.6 Å². The number of anilines is 2. The molecule has 2 aromatic rings. The number of rotatable bonds is 13. The Bertz CT molecular complexity index is 1090. The summed E-state index contributed by atoms with van der Waals surface area (Å²) in [4.78, 5) is 24.0. The summed E-state index contributed by atoms with van der Waals surface area (Å²) in [5.41, 5.74) is 12.9. The molecule has 39 heavy (non-hydrogen) atoms. The molecule has 0 heterocycles. The molecule has 0 bridgehead atoms. The van der Waals surface area contributed by atoms with Crippen molar-refractivity contribution in [1.29, 1.82) is 0 Å². The number of esters is 2. The first kappa shape index (κ1) is 29.9. The number of carbonyl (C=O) groups excluding carboxylic acids is 2. The highest BCUT2D eigenvalue weighted by atomic mass is 19.3. The van der Waals surface area contributed by atoms with Gasteiger partial charge >= 0.3 is 18.0 Å². The van der Waals surface area contributed by atoms with Crippen LogP contribution in [0.15, 0.2) is 48.5 Å². The first-order valence-electron chi connectivity index (χ1n) is 13.5. The molecule has 1 aliphatic rings. The number of hydrogen-bond donors (Lipinski definition) is 2. The summed E-state index contributed by atoms with van der Waals surface area (Å²) >= 11 is 0. The molecule has 1 aliphatic carbocycles. The molecule has 0 aliphatic heterocycles. The maximum absolute atomic E-state index is 14.7. The first-order chi connectivity index (χ1) is 18.7. The standard InChI is InChI=1S/C30H38F2N2O5/c1-2-3-5-21-6-11-24(12-7-21)30(31,32)39-27-13-8-22(9-14-27)10-15-28(35)37-16-4-17-38-29(36)23-18-25(33)20-26(34)19-23/h8-10,13-15,18-21,24H,2-7,11-12,16-17,33-34H2,1H3. The van der Waals surface area contributed by atoms with E-state index < -0.39 is 24.0 Å². The monoisotopic (exact) mass is 544 g/mol. The maximum Gasteiger partial charge on any atom is 0.400 e. The number of ether oxygens (including phenoxy) is 3. The Balaban J connectivity index is 1.36. The van der Waals surface area contributed by atoms with Crippen LogP contribution in [0.5, 0.6) is 5.75 Å². The molecule has 212 valence electrons. The van der Waals surface area contributed by atoms with E-state index in [1.807, 2.05) is 0 Å². The van der Waals surface area contributed by atoms with E-state index in [0.29, 0.717) is 42.1 Å². The van der Waals surface area contributed by atoms with Gasteiger partial charge in [0.25, 0.3) is 0 Å². The van der Waals surface area contributed by atoms with Gasteiger partial charge in [0, 0.05) is 23.9 Å². The molecule has 0 aromatic heterocycles. The summed E-state index contributed by atoms with van der Waals surface area (Å²) in [7, 11) is 0. The van der Waals surface area contributed by atoms with Crippen LogP contribution >= 0.6 is 0 Å². The van der Waals surface area contributed by atoms with Gasteiger partial charge in [-0.3, -0.25) is 0 Å². The van der Waals surface area contributed by atoms with Crippen LogP contribution in [0.2, 0.25) is 0 Å². The van der Waals surface area contributed by atoms with Gasteiger partial charge in [0.05, 0.1) is 24.7 Å². The van der Waals surface area contributed by atoms with Gasteiger partial charge in [0.15, 0.2) is 0 Å². The topological polar surface area (TPSA) is 114 Å². The number of benzene rings is 2. The average Bonchev–Trinajstić information content (AvgIpc) is 2.90. The lowest BCUT2D eigenvalue weighted by molar-refractivity contribution is -0.223. The predicted molar refractivity (Wildman–Crippen MR) is 147 cm³/mol. The van der Waals surface area contributed by atoms with Crippen molar-refractivity contribution in [3.05, 3.63) is 59.7 Å². The second-order valence-electron chi connectivity index (χ2n) is 9.97. The molecular formula is C30H38F2N2O5. The number of nitrogens with two attached hydrogens (primary N) is 2. The number of halogens is 2. The average molecular weight is 545 g/mol. The molecule has 1 saturated carbocycles. The van der Waals surface area contributed by atoms with Crippen molar-refractivity contribution < 1.29 is 32.6 Å². The Hall–Kier alpha value is -3.62. The van der Waals surface area contributed by atoms with Crippen LogP contribution in [0.4, 0.5) is 20.2 Å². The van der Waals surface area contributed by atoms with E-state index in [1.165, 1.54) is 42.5 Å². The highest BCUT2D eigenvalue weighted by Gasteiger charge is 2.43. The minimum Gasteiger partial charge on any atom is -0.462 e. The molecule has 0 radical (unpaired) electrons. The fraction of sp³-hybridized carbons (Fsp3) is 0.467. The van der Waals surface area contributed by atoms with Gasteiger partial charge < -0.3 is 25.7 Å². The second kappa shape index (κ2) is 14.5. The summed E-state index contributed by atoms with van der Waals surface area (Å²) < 4.78 is 44.8. The Morgan fingerprint density at radius 3 is 2.23 bits per heavy atom. The molecule has 3 rings (SSSR count). The highest BCUT2D eigenvalue weighted by Crippen LogP contribution is 2.41. The molecule has 0 atom stereocenters. The van der Waals surface area contributed by atoms with Crippen molar-refractivity contribution in [1.82, 2.24) is 0 Å². The van der Waals surface area contributed by atoms with Crippen LogP contribution in [-0.4, -0.2) is 31.3 Å². The van der Waals surface area contributed by atoms with Crippen molar-refractivity contribution in [3.63, 3.8) is 0 Å². The normalized spacial score (nSPS) is 17.6. The summed E-state index contributed by atoms with van der Waals surface area (Å²) in [6.07, 6.45) is 5.86. The number of nitrogen functional groups attached to an aromatic ring is 2. The third-order valence-electron chi connectivity index (χ3n) is 6.81. The molecule has 1 fully saturated rings. The largest absolute Gasteiger partial charge is 0.462 e. The Morgan fingerprint density at radius 2 is 1.59 bits per heavy atom. The number of unbranched alkanes of at least 4 members (excludes halogenated alkanes) is 1. The molecule has 0 amide bonds. The van der Waals surface area contributed by atoms with Crippen LogP contribution < -0.4 is 16.2 Å². The molecule has 2 aromatic carbocycles. The summed E-state index contributed by atoms with van der Waals surface area (Å²) in [5.74, 6) is -1.29. The fourth-order valence-electron chi connectivity index (χ4n) is 4.65. The lowest BCUT2D eigenvalue weighted by Crippen LogP contribution is -2.37. The van der Waals surface area contributed by atoms with Crippen molar-refractivity contribution in [2.45, 2.75) is 64.4 Å². The van der Waals surface area contributed by atoms with Crippen LogP contribution in [0.25, 0.3) is 6.08 Å². The van der Waals surface area contributed by atoms with Crippen LogP contribution in [0.1, 0.15) is 74.2 Å². The third-order valence-corrected chi connectivity index (χ3v) is 6.81. The van der Waals surface area contributed by atoms with Gasteiger partial charge in [0.2, 0.25) is 0 Å². The summed E-state index contributed by atoms with van der Waals surface area (Å²) in [6, 6.07) is 10.6. The Kier molecular flexibility index (Phi) is 11.1. The number of hydrogen-bond acceptors (Lipinski definition) is 7. The second-order valence-corrected chi connectivity index (χ2v) is 9.97. The van der Waals surface area contributed by atoms with Crippen LogP contribution in [0.3, 0.4) is 0 Å². The SMILES string of the molecule is CCCCC1CCC(C(F)(F)Oc2ccc(C=CC(=O)OCCCOC(=O)c3cc(N)cc(N)c3)cc2)CC1. The van der Waals surface area contributed by atoms with Gasteiger partial charge in [-0.1, -0.05) is 38.3 Å². The van der Waals surface area contributed by atoms with Crippen molar-refractivity contribution in [2.75, 3.05) is 24.7 Å². The van der Waals surface area contributed by atoms with Crippen LogP contribution in [-0.2, 0) is 14.3 Å². The third kappa shape index (κ3) is 9.89. The molecule has 0 unspecified atom stereocenters. The smallest absolute Gasteiger partial charge is 0.400 e. The molecule has 0 spiro atoms. The van der Waals surface area contributed by atoms with E-state index >= 15 is 0 Å². The van der Waals surface area contributed by atoms with E-state index in [1.54, 1.807) is 12.1 Å². The lowest BCUT2D eigenvalue weighted by Gasteiger charge is -2.33. The van der Waals surface area contributed by atoms with E-state index in [9.17, 15) is 18.4 Å². The zero-order valence-electron chi connectivity index (χ0n) is 22.4. The van der Waals surface area contributed by atoms with E-state index in [-0.39, 0.29) is 24.5 Å². The summed E-state index contributed by atoms with van der Waals surface area (Å²) in [6.45, 7) is 2.25. The Morgan fingerprint density at radius 1 is 0.949 bits per heavy atom. The first-order valence-corrected chi connectivity index (χ1v) is 13.5. The van der Waals surface area contributed by atoms with Crippen LogP contribution in [0, 0.1) is 11.8 Å². The number of alkyl halides is 2. The molecule has 0 saturated heterocycles.